The van der Waals surface area contributed by atoms with Gasteiger partial charge in [-0.2, -0.15) is 0 Å². The molecular formula is C16H16F2N2O3. The van der Waals surface area contributed by atoms with Crippen molar-refractivity contribution in [1.29, 1.82) is 0 Å². The third-order valence-electron chi connectivity index (χ3n) is 4.28. The van der Waals surface area contributed by atoms with Crippen molar-refractivity contribution in [2.24, 2.45) is 5.92 Å². The van der Waals surface area contributed by atoms with Gasteiger partial charge in [0.1, 0.15) is 11.6 Å². The minimum Gasteiger partial charge on any atom is -0.312 e. The van der Waals surface area contributed by atoms with Crippen molar-refractivity contribution >= 4 is 23.4 Å². The number of rotatable bonds is 2. The molecule has 0 spiro atoms. The van der Waals surface area contributed by atoms with E-state index in [4.69, 9.17) is 0 Å². The number of halogens is 2. The first-order valence-corrected chi connectivity index (χ1v) is 7.50. The molecule has 2 unspecified atom stereocenters. The molecule has 2 aliphatic rings. The van der Waals surface area contributed by atoms with Crippen LogP contribution in [0.2, 0.25) is 0 Å². The van der Waals surface area contributed by atoms with E-state index in [-0.39, 0.29) is 35.9 Å². The summed E-state index contributed by atoms with van der Waals surface area (Å²) < 4.78 is 28.8. The van der Waals surface area contributed by atoms with Crippen LogP contribution < -0.4 is 10.2 Å². The summed E-state index contributed by atoms with van der Waals surface area (Å²) in [5.74, 6) is -3.97. The first-order chi connectivity index (χ1) is 10.9. The standard InChI is InChI=1S/C16H16F2N2O3/c1-8-4-14(22)20(7-8)9-5-11(17)15(12(18)6-9)10-2-3-13(21)19-16(10)23/h5-6,8,10H,2-4,7H2,1H3,(H,19,21,23). The summed E-state index contributed by atoms with van der Waals surface area (Å²) in [6, 6.07) is 2.16. The van der Waals surface area contributed by atoms with Crippen LogP contribution in [0.5, 0.6) is 0 Å². The van der Waals surface area contributed by atoms with Crippen molar-refractivity contribution in [3.8, 4) is 0 Å². The van der Waals surface area contributed by atoms with Crippen LogP contribution in [-0.2, 0) is 14.4 Å². The third kappa shape index (κ3) is 2.83. The lowest BCUT2D eigenvalue weighted by molar-refractivity contribution is -0.134. The van der Waals surface area contributed by atoms with Crippen molar-refractivity contribution in [3.05, 3.63) is 29.3 Å². The maximum absolute atomic E-state index is 14.4. The minimum absolute atomic E-state index is 0.0408. The summed E-state index contributed by atoms with van der Waals surface area (Å²) in [4.78, 5) is 36.2. The van der Waals surface area contributed by atoms with E-state index in [0.29, 0.717) is 13.0 Å². The summed E-state index contributed by atoms with van der Waals surface area (Å²) in [6.07, 6.45) is 0.453. The zero-order valence-electron chi connectivity index (χ0n) is 12.6. The lowest BCUT2D eigenvalue weighted by atomic mass is 9.89. The molecule has 5 nitrogen and oxygen atoms in total. The predicted molar refractivity (Wildman–Crippen MR) is 77.6 cm³/mol. The molecule has 7 heteroatoms. The molecule has 3 amide bonds. The van der Waals surface area contributed by atoms with Crippen LogP contribution in [0.4, 0.5) is 14.5 Å². The van der Waals surface area contributed by atoms with E-state index in [2.05, 4.69) is 5.32 Å². The Bertz CT molecular complexity index is 682. The van der Waals surface area contributed by atoms with Crippen LogP contribution >= 0.6 is 0 Å². The van der Waals surface area contributed by atoms with Gasteiger partial charge in [0.15, 0.2) is 0 Å². The van der Waals surface area contributed by atoms with Crippen LogP contribution in [0, 0.1) is 17.6 Å². The summed E-state index contributed by atoms with van der Waals surface area (Å²) in [6.45, 7) is 2.30. The van der Waals surface area contributed by atoms with Crippen LogP contribution in [0.15, 0.2) is 12.1 Å². The second-order valence-electron chi connectivity index (χ2n) is 6.14. The Morgan fingerprint density at radius 3 is 2.35 bits per heavy atom. The Labute approximate surface area is 131 Å². The van der Waals surface area contributed by atoms with E-state index in [1.54, 1.807) is 0 Å². The SMILES string of the molecule is CC1CC(=O)N(c2cc(F)c(C3CCC(=O)NC3=O)c(F)c2)C1. The van der Waals surface area contributed by atoms with Crippen molar-refractivity contribution in [3.63, 3.8) is 0 Å². The molecule has 2 heterocycles. The quantitative estimate of drug-likeness (QED) is 0.845. The summed E-state index contributed by atoms with van der Waals surface area (Å²) in [7, 11) is 0. The Hall–Kier alpha value is -2.31. The van der Waals surface area contributed by atoms with Gasteiger partial charge in [0.05, 0.1) is 5.92 Å². The fourth-order valence-electron chi connectivity index (χ4n) is 3.16. The number of nitrogens with zero attached hydrogens (tertiary/aromatic N) is 1. The topological polar surface area (TPSA) is 66.5 Å². The van der Waals surface area contributed by atoms with E-state index < -0.39 is 29.4 Å². The second kappa shape index (κ2) is 5.72. The van der Waals surface area contributed by atoms with Crippen LogP contribution in [-0.4, -0.2) is 24.3 Å². The zero-order valence-corrected chi connectivity index (χ0v) is 12.6. The maximum Gasteiger partial charge on any atom is 0.234 e. The highest BCUT2D eigenvalue weighted by Gasteiger charge is 2.34. The van der Waals surface area contributed by atoms with Gasteiger partial charge in [0, 0.05) is 30.6 Å². The molecule has 1 aromatic rings. The molecule has 122 valence electrons. The summed E-state index contributed by atoms with van der Waals surface area (Å²) in [5, 5.41) is 2.09. The number of benzene rings is 1. The number of carbonyl (C=O) groups is 3. The van der Waals surface area contributed by atoms with E-state index in [9.17, 15) is 23.2 Å². The molecule has 0 saturated carbocycles. The highest BCUT2D eigenvalue weighted by molar-refractivity contribution is 6.01. The van der Waals surface area contributed by atoms with Gasteiger partial charge in [-0.15, -0.1) is 0 Å². The van der Waals surface area contributed by atoms with Gasteiger partial charge in [-0.3, -0.25) is 19.7 Å². The van der Waals surface area contributed by atoms with Gasteiger partial charge < -0.3 is 4.90 Å². The predicted octanol–water partition coefficient (Wildman–Crippen LogP) is 1.86. The monoisotopic (exact) mass is 322 g/mol. The molecule has 0 bridgehead atoms. The normalized spacial score (nSPS) is 25.0. The van der Waals surface area contributed by atoms with Gasteiger partial charge in [0.25, 0.3) is 0 Å². The minimum atomic E-state index is -1.03. The Morgan fingerprint density at radius 2 is 1.83 bits per heavy atom. The number of anilines is 1. The summed E-state index contributed by atoms with van der Waals surface area (Å²) >= 11 is 0. The number of nitrogens with one attached hydrogen (secondary N) is 1. The second-order valence-corrected chi connectivity index (χ2v) is 6.14. The third-order valence-corrected chi connectivity index (χ3v) is 4.28. The van der Waals surface area contributed by atoms with E-state index >= 15 is 0 Å². The van der Waals surface area contributed by atoms with Crippen LogP contribution in [0.25, 0.3) is 0 Å². The van der Waals surface area contributed by atoms with Crippen molar-refractivity contribution in [2.45, 2.75) is 32.1 Å². The van der Waals surface area contributed by atoms with E-state index in [0.717, 1.165) is 12.1 Å². The van der Waals surface area contributed by atoms with Crippen molar-refractivity contribution in [2.75, 3.05) is 11.4 Å². The number of carbonyl (C=O) groups excluding carboxylic acids is 3. The average Bonchev–Trinajstić information content (AvgIpc) is 2.79. The molecule has 2 atom stereocenters. The van der Waals surface area contributed by atoms with Gasteiger partial charge >= 0.3 is 0 Å². The van der Waals surface area contributed by atoms with Crippen molar-refractivity contribution in [1.82, 2.24) is 5.32 Å². The zero-order chi connectivity index (χ0) is 16.7. The molecule has 3 rings (SSSR count). The molecular weight excluding hydrogens is 306 g/mol. The highest BCUT2D eigenvalue weighted by Crippen LogP contribution is 2.33. The number of hydrogen-bond acceptors (Lipinski definition) is 3. The van der Waals surface area contributed by atoms with E-state index in [1.165, 1.54) is 4.90 Å². The largest absolute Gasteiger partial charge is 0.312 e. The van der Waals surface area contributed by atoms with E-state index in [1.807, 2.05) is 6.92 Å². The van der Waals surface area contributed by atoms with Crippen molar-refractivity contribution < 1.29 is 23.2 Å². The number of piperidine rings is 1. The number of amides is 3. The van der Waals surface area contributed by atoms with Crippen LogP contribution in [0.3, 0.4) is 0 Å². The molecule has 2 saturated heterocycles. The lowest BCUT2D eigenvalue weighted by Crippen LogP contribution is -2.40. The molecule has 0 aliphatic carbocycles. The average molecular weight is 322 g/mol. The van der Waals surface area contributed by atoms with Gasteiger partial charge in [-0.1, -0.05) is 6.92 Å². The Kier molecular flexibility index (Phi) is 3.87. The lowest BCUT2D eigenvalue weighted by Gasteiger charge is -2.23. The smallest absolute Gasteiger partial charge is 0.234 e. The molecule has 1 aromatic carbocycles. The molecule has 2 fully saturated rings. The number of hydrogen-bond donors (Lipinski definition) is 1. The first-order valence-electron chi connectivity index (χ1n) is 7.50. The molecule has 2 aliphatic heterocycles. The number of imide groups is 1. The van der Waals surface area contributed by atoms with Gasteiger partial charge in [-0.05, 0) is 24.5 Å². The molecule has 1 N–H and O–H groups in total. The van der Waals surface area contributed by atoms with Crippen LogP contribution in [0.1, 0.15) is 37.7 Å². The first kappa shape index (κ1) is 15.6. The highest BCUT2D eigenvalue weighted by atomic mass is 19.1. The Balaban J connectivity index is 1.94. The molecule has 23 heavy (non-hydrogen) atoms. The Morgan fingerprint density at radius 1 is 1.17 bits per heavy atom. The van der Waals surface area contributed by atoms with Gasteiger partial charge in [0.2, 0.25) is 17.7 Å². The van der Waals surface area contributed by atoms with Gasteiger partial charge in [-0.25, -0.2) is 8.78 Å². The summed E-state index contributed by atoms with van der Waals surface area (Å²) in [5.41, 5.74) is -0.191. The fourth-order valence-corrected chi connectivity index (χ4v) is 3.16. The molecule has 0 aromatic heterocycles. The molecule has 0 radical (unpaired) electrons. The maximum atomic E-state index is 14.4. The fraction of sp³-hybridized carbons (Fsp3) is 0.438.